The zero-order valence-corrected chi connectivity index (χ0v) is 15.5. The molecule has 2 N–H and O–H groups in total. The van der Waals surface area contributed by atoms with Crippen LogP contribution in [-0.2, 0) is 24.3 Å². The van der Waals surface area contributed by atoms with E-state index in [1.165, 1.54) is 6.07 Å². The largest absolute Gasteiger partial charge is 0.333 e. The van der Waals surface area contributed by atoms with Crippen LogP contribution in [0.2, 0.25) is 0 Å². The second-order valence-electron chi connectivity index (χ2n) is 7.03. The third-order valence-corrected chi connectivity index (χ3v) is 5.01. The Hall–Kier alpha value is -3.06. The number of hydrogen-bond donors (Lipinski definition) is 1. The van der Waals surface area contributed by atoms with Gasteiger partial charge in [-0.2, -0.15) is 0 Å². The number of fused-ring (bicyclic) bond motifs is 1. The second-order valence-corrected chi connectivity index (χ2v) is 7.03. The van der Waals surface area contributed by atoms with E-state index in [-0.39, 0.29) is 18.1 Å². The molecule has 3 aromatic rings. The molecule has 2 heterocycles. The summed E-state index contributed by atoms with van der Waals surface area (Å²) < 4.78 is 15.8. The lowest BCUT2D eigenvalue weighted by atomic mass is 10.0. The molecule has 0 spiro atoms. The molecule has 0 aliphatic carbocycles. The fourth-order valence-corrected chi connectivity index (χ4v) is 3.54. The van der Waals surface area contributed by atoms with Crippen LogP contribution in [0.25, 0.3) is 11.4 Å². The standard InChI is InChI=1S/C21H22FN5O/c22-18-9-5-4-8-16(18)12-17(23)13-20(28)26-10-11-27-19(14-26)24-25-21(27)15-6-2-1-3-7-15/h1-9,17H,10-14,23H2/t17-/m1/s1. The molecule has 144 valence electrons. The average molecular weight is 379 g/mol. The van der Waals surface area contributed by atoms with Crippen molar-refractivity contribution < 1.29 is 9.18 Å². The third-order valence-electron chi connectivity index (χ3n) is 5.01. The molecule has 2 aromatic carbocycles. The summed E-state index contributed by atoms with van der Waals surface area (Å²) >= 11 is 0. The minimum atomic E-state index is -0.427. The van der Waals surface area contributed by atoms with Crippen molar-refractivity contribution in [1.82, 2.24) is 19.7 Å². The van der Waals surface area contributed by atoms with E-state index in [0.717, 1.165) is 17.2 Å². The maximum atomic E-state index is 13.8. The monoisotopic (exact) mass is 379 g/mol. The Labute approximate surface area is 162 Å². The SMILES string of the molecule is N[C@@H](CC(=O)N1CCn2c(nnc2-c2ccccc2)C1)Cc1ccccc1F. The number of rotatable bonds is 5. The van der Waals surface area contributed by atoms with Crippen LogP contribution in [0.3, 0.4) is 0 Å². The van der Waals surface area contributed by atoms with Gasteiger partial charge in [0, 0.05) is 31.1 Å². The zero-order valence-electron chi connectivity index (χ0n) is 15.5. The summed E-state index contributed by atoms with van der Waals surface area (Å²) in [6.07, 6.45) is 0.509. The highest BCUT2D eigenvalue weighted by atomic mass is 19.1. The highest BCUT2D eigenvalue weighted by Gasteiger charge is 2.26. The second kappa shape index (κ2) is 7.90. The van der Waals surface area contributed by atoms with Gasteiger partial charge in [0.2, 0.25) is 5.91 Å². The first kappa shape index (κ1) is 18.3. The topological polar surface area (TPSA) is 77.0 Å². The van der Waals surface area contributed by atoms with E-state index in [1.54, 1.807) is 23.1 Å². The van der Waals surface area contributed by atoms with Crippen LogP contribution in [0.15, 0.2) is 54.6 Å². The van der Waals surface area contributed by atoms with E-state index in [0.29, 0.717) is 31.6 Å². The average Bonchev–Trinajstić information content (AvgIpc) is 3.13. The molecule has 1 aliphatic rings. The van der Waals surface area contributed by atoms with E-state index in [9.17, 15) is 9.18 Å². The van der Waals surface area contributed by atoms with Crippen molar-refractivity contribution in [2.75, 3.05) is 6.54 Å². The third kappa shape index (κ3) is 3.80. The lowest BCUT2D eigenvalue weighted by molar-refractivity contribution is -0.133. The predicted octanol–water partition coefficient (Wildman–Crippen LogP) is 2.39. The smallest absolute Gasteiger partial charge is 0.224 e. The van der Waals surface area contributed by atoms with Crippen molar-refractivity contribution in [3.8, 4) is 11.4 Å². The van der Waals surface area contributed by atoms with E-state index >= 15 is 0 Å². The number of amides is 1. The molecule has 0 bridgehead atoms. The molecule has 28 heavy (non-hydrogen) atoms. The van der Waals surface area contributed by atoms with Crippen LogP contribution in [0.5, 0.6) is 0 Å². The maximum absolute atomic E-state index is 13.8. The number of hydrogen-bond acceptors (Lipinski definition) is 4. The minimum absolute atomic E-state index is 0.0423. The molecule has 4 rings (SSSR count). The number of nitrogens with two attached hydrogens (primary N) is 1. The van der Waals surface area contributed by atoms with Crippen molar-refractivity contribution in [3.63, 3.8) is 0 Å². The molecule has 7 heteroatoms. The molecule has 0 saturated heterocycles. The molecular weight excluding hydrogens is 357 g/mol. The normalized spacial score (nSPS) is 14.6. The van der Waals surface area contributed by atoms with Gasteiger partial charge in [0.25, 0.3) is 0 Å². The number of benzene rings is 2. The molecule has 0 fully saturated rings. The van der Waals surface area contributed by atoms with Gasteiger partial charge in [0.1, 0.15) is 5.82 Å². The number of carbonyl (C=O) groups excluding carboxylic acids is 1. The van der Waals surface area contributed by atoms with Crippen LogP contribution < -0.4 is 5.73 Å². The van der Waals surface area contributed by atoms with E-state index in [1.807, 2.05) is 30.3 Å². The van der Waals surface area contributed by atoms with Crippen LogP contribution in [0, 0.1) is 5.82 Å². The van der Waals surface area contributed by atoms with Gasteiger partial charge in [0.15, 0.2) is 11.6 Å². The van der Waals surface area contributed by atoms with E-state index in [4.69, 9.17) is 5.73 Å². The Balaban J connectivity index is 1.40. The molecular formula is C21H22FN5O. The summed E-state index contributed by atoms with van der Waals surface area (Å²) in [5.74, 6) is 1.25. The molecule has 1 atom stereocenters. The Morgan fingerprint density at radius 2 is 1.82 bits per heavy atom. The molecule has 0 saturated carbocycles. The van der Waals surface area contributed by atoms with Crippen LogP contribution >= 0.6 is 0 Å². The van der Waals surface area contributed by atoms with Crippen molar-refractivity contribution in [2.24, 2.45) is 5.73 Å². The van der Waals surface area contributed by atoms with Crippen molar-refractivity contribution >= 4 is 5.91 Å². The Morgan fingerprint density at radius 1 is 1.07 bits per heavy atom. The van der Waals surface area contributed by atoms with Gasteiger partial charge < -0.3 is 15.2 Å². The summed E-state index contributed by atoms with van der Waals surface area (Å²) in [6.45, 7) is 1.63. The summed E-state index contributed by atoms with van der Waals surface area (Å²) in [4.78, 5) is 14.4. The summed E-state index contributed by atoms with van der Waals surface area (Å²) in [5, 5.41) is 8.56. The van der Waals surface area contributed by atoms with Crippen molar-refractivity contribution in [2.45, 2.75) is 32.0 Å². The van der Waals surface area contributed by atoms with Gasteiger partial charge in [-0.05, 0) is 18.1 Å². The van der Waals surface area contributed by atoms with Gasteiger partial charge in [-0.15, -0.1) is 10.2 Å². The first-order valence-electron chi connectivity index (χ1n) is 9.36. The van der Waals surface area contributed by atoms with Crippen LogP contribution in [0.4, 0.5) is 4.39 Å². The summed E-state index contributed by atoms with van der Waals surface area (Å²) in [6, 6.07) is 16.0. The van der Waals surface area contributed by atoms with Gasteiger partial charge in [-0.3, -0.25) is 4.79 Å². The summed E-state index contributed by atoms with van der Waals surface area (Å²) in [7, 11) is 0. The maximum Gasteiger partial charge on any atom is 0.224 e. The lowest BCUT2D eigenvalue weighted by Crippen LogP contribution is -2.41. The van der Waals surface area contributed by atoms with Crippen LogP contribution in [0.1, 0.15) is 17.8 Å². The predicted molar refractivity (Wildman–Crippen MR) is 104 cm³/mol. The number of nitrogens with zero attached hydrogens (tertiary/aromatic N) is 4. The fourth-order valence-electron chi connectivity index (χ4n) is 3.54. The first-order chi connectivity index (χ1) is 13.6. The zero-order chi connectivity index (χ0) is 19.5. The molecule has 1 aromatic heterocycles. The number of halogens is 1. The Morgan fingerprint density at radius 3 is 2.61 bits per heavy atom. The molecule has 1 amide bonds. The molecule has 6 nitrogen and oxygen atoms in total. The van der Waals surface area contributed by atoms with Crippen molar-refractivity contribution in [1.29, 1.82) is 0 Å². The minimum Gasteiger partial charge on any atom is -0.333 e. The fraction of sp³-hybridized carbons (Fsp3) is 0.286. The first-order valence-corrected chi connectivity index (χ1v) is 9.36. The number of aromatic nitrogens is 3. The van der Waals surface area contributed by atoms with Crippen LogP contribution in [-0.4, -0.2) is 38.2 Å². The molecule has 0 unspecified atom stereocenters. The Bertz CT molecular complexity index is 972. The number of carbonyl (C=O) groups is 1. The quantitative estimate of drug-likeness (QED) is 0.738. The highest BCUT2D eigenvalue weighted by Crippen LogP contribution is 2.22. The van der Waals surface area contributed by atoms with Gasteiger partial charge >= 0.3 is 0 Å². The summed E-state index contributed by atoms with van der Waals surface area (Å²) in [5.41, 5.74) is 7.65. The van der Waals surface area contributed by atoms with Gasteiger partial charge in [-0.25, -0.2) is 4.39 Å². The van der Waals surface area contributed by atoms with E-state index < -0.39 is 6.04 Å². The Kier molecular flexibility index (Phi) is 5.16. The molecule has 0 radical (unpaired) electrons. The lowest BCUT2D eigenvalue weighted by Gasteiger charge is -2.29. The molecule has 1 aliphatic heterocycles. The van der Waals surface area contributed by atoms with Crippen molar-refractivity contribution in [3.05, 3.63) is 71.8 Å². The van der Waals surface area contributed by atoms with E-state index in [2.05, 4.69) is 14.8 Å². The van der Waals surface area contributed by atoms with Gasteiger partial charge in [-0.1, -0.05) is 48.5 Å². The van der Waals surface area contributed by atoms with Gasteiger partial charge in [0.05, 0.1) is 6.54 Å². The highest BCUT2D eigenvalue weighted by molar-refractivity contribution is 5.77.